The van der Waals surface area contributed by atoms with E-state index in [-0.39, 0.29) is 12.5 Å². The van der Waals surface area contributed by atoms with Crippen LogP contribution in [0.25, 0.3) is 0 Å². The first kappa shape index (κ1) is 19.6. The van der Waals surface area contributed by atoms with E-state index in [4.69, 9.17) is 4.74 Å². The van der Waals surface area contributed by atoms with E-state index in [1.807, 2.05) is 37.3 Å². The molecule has 1 atom stereocenters. The summed E-state index contributed by atoms with van der Waals surface area (Å²) in [4.78, 5) is 15.1. The summed E-state index contributed by atoms with van der Waals surface area (Å²) in [6.07, 6.45) is 2.61. The molecule has 1 amide bonds. The maximum atomic E-state index is 12.8. The van der Waals surface area contributed by atoms with Gasteiger partial charge in [0.1, 0.15) is 5.75 Å². The van der Waals surface area contributed by atoms with E-state index in [0.29, 0.717) is 17.1 Å². The van der Waals surface area contributed by atoms with Crippen molar-refractivity contribution in [3.63, 3.8) is 0 Å². The third-order valence-electron chi connectivity index (χ3n) is 5.28. The summed E-state index contributed by atoms with van der Waals surface area (Å²) in [5.41, 5.74) is 3.18. The SMILES string of the molecule is Cc1ccc2c(c1)N(S(C)(=O)=O)CC(C(=O)Nc1ccc(N3CCCC3)cc1)O2. The molecule has 1 fully saturated rings. The Morgan fingerprint density at radius 2 is 1.79 bits per heavy atom. The van der Waals surface area contributed by atoms with Crippen LogP contribution in [0.5, 0.6) is 5.75 Å². The molecule has 7 nitrogen and oxygen atoms in total. The lowest BCUT2D eigenvalue weighted by atomic mass is 10.1. The van der Waals surface area contributed by atoms with Gasteiger partial charge in [-0.2, -0.15) is 0 Å². The minimum Gasteiger partial charge on any atom is -0.476 e. The first-order valence-electron chi connectivity index (χ1n) is 9.72. The molecule has 0 aromatic heterocycles. The molecule has 0 spiro atoms. The number of nitrogens with zero attached hydrogens (tertiary/aromatic N) is 2. The molecule has 0 bridgehead atoms. The van der Waals surface area contributed by atoms with Crippen LogP contribution in [-0.2, 0) is 14.8 Å². The number of ether oxygens (including phenoxy) is 1. The predicted octanol–water partition coefficient (Wildman–Crippen LogP) is 2.76. The fraction of sp³-hybridized carbons (Fsp3) is 0.381. The van der Waals surface area contributed by atoms with E-state index >= 15 is 0 Å². The van der Waals surface area contributed by atoms with Crippen molar-refractivity contribution in [3.8, 4) is 5.75 Å². The zero-order valence-electron chi connectivity index (χ0n) is 16.6. The van der Waals surface area contributed by atoms with Crippen LogP contribution in [0, 0.1) is 6.92 Å². The van der Waals surface area contributed by atoms with E-state index in [2.05, 4.69) is 10.2 Å². The fourth-order valence-electron chi connectivity index (χ4n) is 3.77. The average Bonchev–Trinajstić information content (AvgIpc) is 3.21. The molecule has 2 heterocycles. The average molecular weight is 416 g/mol. The summed E-state index contributed by atoms with van der Waals surface area (Å²) in [7, 11) is -3.54. The number of anilines is 3. The second-order valence-electron chi connectivity index (χ2n) is 7.60. The number of rotatable bonds is 4. The van der Waals surface area contributed by atoms with Crippen LogP contribution in [0.15, 0.2) is 42.5 Å². The summed E-state index contributed by atoms with van der Waals surface area (Å²) in [5.74, 6) is 0.00982. The van der Waals surface area contributed by atoms with Crippen LogP contribution in [0.3, 0.4) is 0 Å². The summed E-state index contributed by atoms with van der Waals surface area (Å²) in [6.45, 7) is 3.93. The zero-order chi connectivity index (χ0) is 20.6. The molecular formula is C21H25N3O4S. The standard InChI is InChI=1S/C21H25N3O4S/c1-15-5-10-19-18(13-15)24(29(2,26)27)14-20(28-19)21(25)22-16-6-8-17(9-7-16)23-11-3-4-12-23/h5-10,13,20H,3-4,11-12,14H2,1-2H3,(H,22,25). The van der Waals surface area contributed by atoms with Gasteiger partial charge in [-0.1, -0.05) is 6.07 Å². The van der Waals surface area contributed by atoms with Crippen LogP contribution in [0.4, 0.5) is 17.1 Å². The summed E-state index contributed by atoms with van der Waals surface area (Å²) >= 11 is 0. The van der Waals surface area contributed by atoms with Gasteiger partial charge in [0, 0.05) is 24.5 Å². The Hall–Kier alpha value is -2.74. The topological polar surface area (TPSA) is 79.0 Å². The quantitative estimate of drug-likeness (QED) is 0.831. The number of hydrogen-bond acceptors (Lipinski definition) is 5. The molecule has 4 rings (SSSR count). The molecule has 2 aliphatic heterocycles. The Labute approximate surface area is 171 Å². The largest absolute Gasteiger partial charge is 0.476 e. The predicted molar refractivity (Wildman–Crippen MR) is 114 cm³/mol. The smallest absolute Gasteiger partial charge is 0.267 e. The van der Waals surface area contributed by atoms with Gasteiger partial charge in [0.2, 0.25) is 10.0 Å². The first-order valence-corrected chi connectivity index (χ1v) is 11.6. The number of sulfonamides is 1. The highest BCUT2D eigenvalue weighted by atomic mass is 32.2. The first-order chi connectivity index (χ1) is 13.8. The van der Waals surface area contributed by atoms with Crippen LogP contribution in [0.1, 0.15) is 18.4 Å². The van der Waals surface area contributed by atoms with Gasteiger partial charge in [0.05, 0.1) is 18.5 Å². The lowest BCUT2D eigenvalue weighted by Gasteiger charge is -2.34. The molecule has 0 saturated carbocycles. The van der Waals surface area contributed by atoms with Gasteiger partial charge in [-0.15, -0.1) is 0 Å². The molecule has 1 unspecified atom stereocenters. The molecule has 154 valence electrons. The Kier molecular flexibility index (Phi) is 5.12. The number of fused-ring (bicyclic) bond motifs is 1. The van der Waals surface area contributed by atoms with Crippen molar-refractivity contribution in [1.29, 1.82) is 0 Å². The number of hydrogen-bond donors (Lipinski definition) is 1. The number of carbonyl (C=O) groups excluding carboxylic acids is 1. The van der Waals surface area contributed by atoms with Gasteiger partial charge in [0.25, 0.3) is 5.91 Å². The molecule has 2 aromatic rings. The fourth-order valence-corrected chi connectivity index (χ4v) is 4.67. The highest BCUT2D eigenvalue weighted by molar-refractivity contribution is 7.92. The molecule has 0 aliphatic carbocycles. The molecule has 0 radical (unpaired) electrons. The maximum absolute atomic E-state index is 12.8. The number of benzene rings is 2. The molecule has 2 aliphatic rings. The Morgan fingerprint density at radius 1 is 1.10 bits per heavy atom. The van der Waals surface area contributed by atoms with E-state index < -0.39 is 16.1 Å². The van der Waals surface area contributed by atoms with E-state index in [1.165, 1.54) is 17.1 Å². The van der Waals surface area contributed by atoms with E-state index in [9.17, 15) is 13.2 Å². The van der Waals surface area contributed by atoms with Gasteiger partial charge in [-0.05, 0) is 61.7 Å². The number of nitrogens with one attached hydrogen (secondary N) is 1. The minimum absolute atomic E-state index is 0.0625. The van der Waals surface area contributed by atoms with Gasteiger partial charge in [-0.25, -0.2) is 8.42 Å². The van der Waals surface area contributed by atoms with Crippen molar-refractivity contribution in [1.82, 2.24) is 0 Å². The van der Waals surface area contributed by atoms with Crippen molar-refractivity contribution >= 4 is 33.0 Å². The highest BCUT2D eigenvalue weighted by Gasteiger charge is 2.35. The number of carbonyl (C=O) groups is 1. The minimum atomic E-state index is -3.54. The second kappa shape index (κ2) is 7.59. The molecular weight excluding hydrogens is 390 g/mol. The normalized spacial score (nSPS) is 18.9. The van der Waals surface area contributed by atoms with Gasteiger partial charge in [-0.3, -0.25) is 9.10 Å². The third kappa shape index (κ3) is 4.17. The molecule has 2 aromatic carbocycles. The van der Waals surface area contributed by atoms with E-state index in [0.717, 1.165) is 30.6 Å². The van der Waals surface area contributed by atoms with E-state index in [1.54, 1.807) is 12.1 Å². The van der Waals surface area contributed by atoms with Gasteiger partial charge < -0.3 is 15.0 Å². The van der Waals surface area contributed by atoms with Crippen LogP contribution in [-0.4, -0.2) is 46.3 Å². The number of aryl methyl sites for hydroxylation is 1. The molecule has 8 heteroatoms. The lowest BCUT2D eigenvalue weighted by Crippen LogP contribution is -2.48. The lowest BCUT2D eigenvalue weighted by molar-refractivity contribution is -0.122. The molecule has 1 saturated heterocycles. The van der Waals surface area contributed by atoms with Crippen molar-refractivity contribution in [2.24, 2.45) is 0 Å². The van der Waals surface area contributed by atoms with Gasteiger partial charge in [0.15, 0.2) is 6.10 Å². The maximum Gasteiger partial charge on any atom is 0.267 e. The van der Waals surface area contributed by atoms with Crippen LogP contribution >= 0.6 is 0 Å². The Morgan fingerprint density at radius 3 is 2.45 bits per heavy atom. The molecule has 1 N–H and O–H groups in total. The Bertz CT molecular complexity index is 1010. The molecule has 29 heavy (non-hydrogen) atoms. The van der Waals surface area contributed by atoms with Crippen molar-refractivity contribution in [3.05, 3.63) is 48.0 Å². The summed E-state index contributed by atoms with van der Waals surface area (Å²) < 4.78 is 31.6. The zero-order valence-corrected chi connectivity index (χ0v) is 17.4. The second-order valence-corrected chi connectivity index (χ2v) is 9.51. The Balaban J connectivity index is 1.50. The van der Waals surface area contributed by atoms with Crippen molar-refractivity contribution in [2.45, 2.75) is 25.9 Å². The van der Waals surface area contributed by atoms with Gasteiger partial charge >= 0.3 is 0 Å². The third-order valence-corrected chi connectivity index (χ3v) is 6.43. The van der Waals surface area contributed by atoms with Crippen molar-refractivity contribution in [2.75, 3.05) is 40.4 Å². The number of amides is 1. The summed E-state index contributed by atoms with van der Waals surface area (Å²) in [6, 6.07) is 13.0. The van der Waals surface area contributed by atoms with Crippen LogP contribution in [0.2, 0.25) is 0 Å². The van der Waals surface area contributed by atoms with Crippen molar-refractivity contribution < 1.29 is 17.9 Å². The summed E-state index contributed by atoms with van der Waals surface area (Å²) in [5, 5.41) is 2.84. The van der Waals surface area contributed by atoms with Crippen LogP contribution < -0.4 is 19.3 Å². The monoisotopic (exact) mass is 415 g/mol. The highest BCUT2D eigenvalue weighted by Crippen LogP contribution is 2.36.